The monoisotopic (exact) mass is 674 g/mol. The van der Waals surface area contributed by atoms with Gasteiger partial charge in [0.2, 0.25) is 0 Å². The van der Waals surface area contributed by atoms with Crippen LogP contribution in [0.5, 0.6) is 0 Å². The van der Waals surface area contributed by atoms with Crippen molar-refractivity contribution in [2.75, 3.05) is 52.9 Å². The van der Waals surface area contributed by atoms with Crippen LogP contribution in [0.15, 0.2) is 91.0 Å². The van der Waals surface area contributed by atoms with Crippen molar-refractivity contribution in [3.63, 3.8) is 0 Å². The summed E-state index contributed by atoms with van der Waals surface area (Å²) in [6.07, 6.45) is 17.4. The number of unbranched alkanes of at least 4 members (excludes halogenated alkanes) is 12. The summed E-state index contributed by atoms with van der Waals surface area (Å²) in [6.45, 7) is 5.65. The number of esters is 1. The summed E-state index contributed by atoms with van der Waals surface area (Å²) in [5.74, 6) is -0.127. The minimum atomic E-state index is -0.749. The molecule has 0 saturated carbocycles. The predicted octanol–water partition coefficient (Wildman–Crippen LogP) is 10.1. The van der Waals surface area contributed by atoms with Gasteiger partial charge in [-0.15, -0.1) is 0 Å². The van der Waals surface area contributed by atoms with Crippen molar-refractivity contribution in [2.45, 2.75) is 102 Å². The van der Waals surface area contributed by atoms with Crippen molar-refractivity contribution in [2.24, 2.45) is 0 Å². The third-order valence-electron chi connectivity index (χ3n) is 8.81. The summed E-state index contributed by atoms with van der Waals surface area (Å²) in [7, 11) is 0. The van der Waals surface area contributed by atoms with Gasteiger partial charge in [-0.05, 0) is 23.1 Å². The van der Waals surface area contributed by atoms with Crippen LogP contribution < -0.4 is 0 Å². The molecule has 0 unspecified atom stereocenters. The molecule has 0 spiro atoms. The van der Waals surface area contributed by atoms with Crippen molar-refractivity contribution < 1.29 is 28.5 Å². The lowest BCUT2D eigenvalue weighted by atomic mass is 9.80. The molecule has 0 aliphatic carbocycles. The SMILES string of the molecule is CCCCCCCCCCCCCCCC(=O)OCCOCCOCCOCCOC(c1ccccc1)(c1ccccc1)c1ccccc1. The Morgan fingerprint density at radius 3 is 1.20 bits per heavy atom. The number of hydrogen-bond donors (Lipinski definition) is 0. The first-order chi connectivity index (χ1) is 24.3. The highest BCUT2D eigenvalue weighted by Crippen LogP contribution is 2.40. The Hall–Kier alpha value is -3.03. The molecule has 3 aromatic carbocycles. The molecule has 0 aliphatic heterocycles. The van der Waals surface area contributed by atoms with Crippen molar-refractivity contribution in [1.82, 2.24) is 0 Å². The molecule has 270 valence electrons. The van der Waals surface area contributed by atoms with Gasteiger partial charge in [0.1, 0.15) is 12.2 Å². The van der Waals surface area contributed by atoms with Gasteiger partial charge < -0.3 is 23.7 Å². The van der Waals surface area contributed by atoms with Crippen LogP contribution in [-0.4, -0.2) is 58.8 Å². The molecule has 6 nitrogen and oxygen atoms in total. The fourth-order valence-electron chi connectivity index (χ4n) is 6.14. The lowest BCUT2D eigenvalue weighted by molar-refractivity contribution is -0.145. The van der Waals surface area contributed by atoms with Crippen LogP contribution in [0.1, 0.15) is 114 Å². The molecule has 0 aliphatic rings. The predicted molar refractivity (Wildman–Crippen MR) is 199 cm³/mol. The van der Waals surface area contributed by atoms with Gasteiger partial charge in [0, 0.05) is 6.42 Å². The molecule has 0 fully saturated rings. The number of ether oxygens (including phenoxy) is 5. The molecule has 6 heteroatoms. The van der Waals surface area contributed by atoms with Crippen LogP contribution in [0.25, 0.3) is 0 Å². The van der Waals surface area contributed by atoms with E-state index in [0.717, 1.165) is 29.5 Å². The standard InChI is InChI=1S/C43H62O6/c1-2-3-4-5-6-7-8-9-10-11-12-13-23-30-42(44)48-37-35-46-33-31-45-32-34-47-36-38-49-43(39-24-17-14-18-25-39,40-26-19-15-20-27-40)41-28-21-16-22-29-41/h14-22,24-29H,2-13,23,30-38H2,1H3. The summed E-state index contributed by atoms with van der Waals surface area (Å²) in [4.78, 5) is 12.0. The van der Waals surface area contributed by atoms with Gasteiger partial charge in [0.05, 0.1) is 46.2 Å². The van der Waals surface area contributed by atoms with E-state index in [9.17, 15) is 4.79 Å². The molecule has 0 radical (unpaired) electrons. The zero-order valence-corrected chi connectivity index (χ0v) is 30.2. The molecule has 3 rings (SSSR count). The van der Waals surface area contributed by atoms with Gasteiger partial charge in [0.15, 0.2) is 0 Å². The van der Waals surface area contributed by atoms with E-state index in [-0.39, 0.29) is 12.6 Å². The van der Waals surface area contributed by atoms with Crippen molar-refractivity contribution in [3.05, 3.63) is 108 Å². The number of benzene rings is 3. The fourth-order valence-corrected chi connectivity index (χ4v) is 6.14. The summed E-state index contributed by atoms with van der Waals surface area (Å²) in [5, 5.41) is 0. The Kier molecular flexibility index (Phi) is 22.1. The maximum Gasteiger partial charge on any atom is 0.305 e. The van der Waals surface area contributed by atoms with Gasteiger partial charge in [-0.3, -0.25) is 4.79 Å². The average Bonchev–Trinajstić information content (AvgIpc) is 3.15. The number of hydrogen-bond acceptors (Lipinski definition) is 6. The van der Waals surface area contributed by atoms with E-state index >= 15 is 0 Å². The van der Waals surface area contributed by atoms with E-state index < -0.39 is 5.60 Å². The van der Waals surface area contributed by atoms with E-state index in [0.29, 0.717) is 52.7 Å². The van der Waals surface area contributed by atoms with Crippen LogP contribution >= 0.6 is 0 Å². The summed E-state index contributed by atoms with van der Waals surface area (Å²) >= 11 is 0. The van der Waals surface area contributed by atoms with Crippen LogP contribution in [-0.2, 0) is 34.1 Å². The Morgan fingerprint density at radius 1 is 0.449 bits per heavy atom. The van der Waals surface area contributed by atoms with Crippen molar-refractivity contribution in [1.29, 1.82) is 0 Å². The molecule has 0 N–H and O–H groups in total. The third kappa shape index (κ3) is 16.5. The van der Waals surface area contributed by atoms with Gasteiger partial charge in [0.25, 0.3) is 0 Å². The summed E-state index contributed by atoms with van der Waals surface area (Å²) in [5.41, 5.74) is 2.46. The van der Waals surface area contributed by atoms with E-state index in [1.54, 1.807) is 0 Å². The van der Waals surface area contributed by atoms with Gasteiger partial charge in [-0.1, -0.05) is 175 Å². The van der Waals surface area contributed by atoms with Gasteiger partial charge in [-0.25, -0.2) is 0 Å². The lowest BCUT2D eigenvalue weighted by Gasteiger charge is -2.36. The quantitative estimate of drug-likeness (QED) is 0.0399. The summed E-state index contributed by atoms with van der Waals surface area (Å²) < 4.78 is 29.1. The average molecular weight is 675 g/mol. The first-order valence-electron chi connectivity index (χ1n) is 19.0. The van der Waals surface area contributed by atoms with Crippen LogP contribution in [0.4, 0.5) is 0 Å². The second kappa shape index (κ2) is 26.8. The smallest absolute Gasteiger partial charge is 0.305 e. The summed E-state index contributed by atoms with van der Waals surface area (Å²) in [6, 6.07) is 31.0. The normalized spacial score (nSPS) is 11.5. The molecule has 0 saturated heterocycles. The zero-order valence-electron chi connectivity index (χ0n) is 30.2. The van der Waals surface area contributed by atoms with Crippen molar-refractivity contribution >= 4 is 5.97 Å². The van der Waals surface area contributed by atoms with Gasteiger partial charge in [-0.2, -0.15) is 0 Å². The minimum absolute atomic E-state index is 0.127. The maximum absolute atomic E-state index is 12.0. The van der Waals surface area contributed by atoms with E-state index in [1.165, 1.54) is 70.6 Å². The Bertz CT molecular complexity index is 1090. The Morgan fingerprint density at radius 2 is 0.796 bits per heavy atom. The topological polar surface area (TPSA) is 63.2 Å². The third-order valence-corrected chi connectivity index (χ3v) is 8.81. The second-order valence-electron chi connectivity index (χ2n) is 12.7. The highest BCUT2D eigenvalue weighted by atomic mass is 16.6. The Labute approximate surface area is 296 Å². The van der Waals surface area contributed by atoms with Crippen LogP contribution in [0, 0.1) is 0 Å². The van der Waals surface area contributed by atoms with E-state index in [4.69, 9.17) is 23.7 Å². The van der Waals surface area contributed by atoms with Crippen LogP contribution in [0.3, 0.4) is 0 Å². The van der Waals surface area contributed by atoms with Gasteiger partial charge >= 0.3 is 5.97 Å². The minimum Gasteiger partial charge on any atom is -0.463 e. The fraction of sp³-hybridized carbons (Fsp3) is 0.558. The first kappa shape index (κ1) is 40.4. The molecule has 0 amide bonds. The highest BCUT2D eigenvalue weighted by molar-refractivity contribution is 5.69. The first-order valence-corrected chi connectivity index (χ1v) is 19.0. The Balaban J connectivity index is 1.16. The van der Waals surface area contributed by atoms with Crippen molar-refractivity contribution in [3.8, 4) is 0 Å². The number of carbonyl (C=O) groups excluding carboxylic acids is 1. The number of rotatable bonds is 30. The molecule has 3 aromatic rings. The number of carbonyl (C=O) groups is 1. The largest absolute Gasteiger partial charge is 0.463 e. The lowest BCUT2D eigenvalue weighted by Crippen LogP contribution is -2.34. The molecule has 0 aromatic heterocycles. The molecule has 0 atom stereocenters. The zero-order chi connectivity index (χ0) is 34.5. The molecule has 49 heavy (non-hydrogen) atoms. The molecular weight excluding hydrogens is 612 g/mol. The van der Waals surface area contributed by atoms with Crippen LogP contribution in [0.2, 0.25) is 0 Å². The highest BCUT2D eigenvalue weighted by Gasteiger charge is 2.37. The maximum atomic E-state index is 12.0. The molecular formula is C43H62O6. The van der Waals surface area contributed by atoms with E-state index in [2.05, 4.69) is 43.3 Å². The molecule has 0 bridgehead atoms. The van der Waals surface area contributed by atoms with E-state index in [1.807, 2.05) is 54.6 Å². The molecule has 0 heterocycles. The second-order valence-corrected chi connectivity index (χ2v) is 12.7.